The zero-order valence-electron chi connectivity index (χ0n) is 11.7. The average molecular weight is 341 g/mol. The van der Waals surface area contributed by atoms with E-state index in [-0.39, 0.29) is 0 Å². The van der Waals surface area contributed by atoms with Gasteiger partial charge in [-0.05, 0) is 12.8 Å². The number of ether oxygens (including phenoxy) is 1. The van der Waals surface area contributed by atoms with Gasteiger partial charge in [0.1, 0.15) is 12.2 Å². The highest BCUT2D eigenvalue weighted by atomic mass is 31.2. The molecule has 11 heteroatoms. The maximum atomic E-state index is 11.3. The molecule has 5 N–H and O–H groups in total. The summed E-state index contributed by atoms with van der Waals surface area (Å²) in [4.78, 5) is 30.9. The van der Waals surface area contributed by atoms with Crippen LogP contribution in [0.1, 0.15) is 19.3 Å². The van der Waals surface area contributed by atoms with Gasteiger partial charge in [0.15, 0.2) is 12.1 Å². The van der Waals surface area contributed by atoms with E-state index in [1.807, 2.05) is 0 Å². The Morgan fingerprint density at radius 2 is 2.05 bits per heavy atom. The van der Waals surface area contributed by atoms with Crippen molar-refractivity contribution in [3.63, 3.8) is 0 Å². The van der Waals surface area contributed by atoms with E-state index in [1.165, 1.54) is 0 Å². The summed E-state index contributed by atoms with van der Waals surface area (Å²) >= 11 is 0. The maximum Gasteiger partial charge on any atom is 0.362 e. The number of carboxylic acid groups (broad SMARTS) is 1. The average Bonchev–Trinajstić information content (AvgIpc) is 2.72. The Bertz CT molecular complexity index is 455. The molecule has 10 nitrogen and oxygen atoms in total. The van der Waals surface area contributed by atoms with Crippen LogP contribution in [-0.2, 0) is 18.6 Å². The Morgan fingerprint density at radius 3 is 2.64 bits per heavy atom. The summed E-state index contributed by atoms with van der Waals surface area (Å²) in [6.07, 6.45) is -3.01. The highest BCUT2D eigenvalue weighted by Gasteiger charge is 2.51. The van der Waals surface area contributed by atoms with Crippen LogP contribution in [0.15, 0.2) is 0 Å². The summed E-state index contributed by atoms with van der Waals surface area (Å²) < 4.78 is 20.2. The summed E-state index contributed by atoms with van der Waals surface area (Å²) in [6, 6.07) is -0.760. The number of nitrogens with one attached hydrogen (secondary N) is 1. The molecule has 0 aromatic carbocycles. The summed E-state index contributed by atoms with van der Waals surface area (Å²) in [5, 5.41) is 29.2. The maximum absolute atomic E-state index is 11.3. The van der Waals surface area contributed by atoms with Crippen LogP contribution >= 0.6 is 7.82 Å². The second kappa shape index (κ2) is 6.90. The van der Waals surface area contributed by atoms with Crippen LogP contribution in [0.5, 0.6) is 0 Å². The molecular formula is C11H20NO9P. The number of hydrogen-bond donors (Lipinski definition) is 5. The molecule has 0 aromatic rings. The third-order valence-corrected chi connectivity index (χ3v) is 4.56. The van der Waals surface area contributed by atoms with Crippen molar-refractivity contribution in [3.8, 4) is 0 Å². The number of aliphatic carboxylic acids is 1. The highest BCUT2D eigenvalue weighted by Crippen LogP contribution is 2.32. The van der Waals surface area contributed by atoms with E-state index in [9.17, 15) is 29.6 Å². The van der Waals surface area contributed by atoms with E-state index in [0.29, 0.717) is 17.9 Å². The van der Waals surface area contributed by atoms with Crippen LogP contribution in [-0.4, -0.2) is 69.9 Å². The second-order valence-electron chi connectivity index (χ2n) is 5.55. The fourth-order valence-electron chi connectivity index (χ4n) is 3.02. The minimum atomic E-state index is -4.97. The number of likely N-dealkylation sites (tertiary alicyclic amines) is 1. The van der Waals surface area contributed by atoms with Gasteiger partial charge in [-0.3, -0.25) is 9.46 Å². The summed E-state index contributed by atoms with van der Waals surface area (Å²) in [5.41, 5.74) is 0. The molecule has 0 amide bonds. The number of piperidine rings is 1. The van der Waals surface area contributed by atoms with Crippen molar-refractivity contribution in [3.05, 3.63) is 0 Å². The van der Waals surface area contributed by atoms with E-state index >= 15 is 0 Å². The highest BCUT2D eigenvalue weighted by molar-refractivity contribution is 7.44. The van der Waals surface area contributed by atoms with Crippen molar-refractivity contribution < 1.29 is 48.6 Å². The lowest BCUT2D eigenvalue weighted by Gasteiger charge is -2.34. The van der Waals surface area contributed by atoms with Gasteiger partial charge in [-0.25, -0.2) is 4.79 Å². The molecular weight excluding hydrogens is 321 g/mol. The number of phosphoric ester groups is 1. The smallest absolute Gasteiger partial charge is 0.362 e. The monoisotopic (exact) mass is 341 g/mol. The van der Waals surface area contributed by atoms with Crippen molar-refractivity contribution in [2.24, 2.45) is 0 Å². The van der Waals surface area contributed by atoms with Gasteiger partial charge in [0.25, 0.3) is 7.82 Å². The van der Waals surface area contributed by atoms with Gasteiger partial charge in [-0.1, -0.05) is 0 Å². The van der Waals surface area contributed by atoms with Crippen LogP contribution in [0, 0.1) is 0 Å². The van der Waals surface area contributed by atoms with Crippen molar-refractivity contribution in [2.75, 3.05) is 13.2 Å². The van der Waals surface area contributed by atoms with Crippen LogP contribution in [0.4, 0.5) is 0 Å². The lowest BCUT2D eigenvalue weighted by molar-refractivity contribution is -0.969. The van der Waals surface area contributed by atoms with Crippen molar-refractivity contribution in [1.29, 1.82) is 0 Å². The normalized spacial score (nSPS) is 42.0. The molecule has 7 atom stereocenters. The summed E-state index contributed by atoms with van der Waals surface area (Å²) in [5.74, 6) is -1.01. The molecule has 128 valence electrons. The molecule has 2 heterocycles. The number of rotatable bonds is 5. The van der Waals surface area contributed by atoms with Crippen LogP contribution in [0.3, 0.4) is 0 Å². The van der Waals surface area contributed by atoms with Gasteiger partial charge in [0, 0.05) is 6.42 Å². The Labute approximate surface area is 126 Å². The van der Waals surface area contributed by atoms with E-state index < -0.39 is 51.0 Å². The fraction of sp³-hybridized carbons (Fsp3) is 0.909. The number of aliphatic hydroxyl groups excluding tert-OH is 2. The topological polar surface area (TPSA) is 161 Å². The number of phosphoric acid groups is 1. The van der Waals surface area contributed by atoms with Gasteiger partial charge < -0.3 is 34.4 Å². The van der Waals surface area contributed by atoms with Gasteiger partial charge in [0.2, 0.25) is 6.23 Å². The molecule has 2 aliphatic heterocycles. The number of hydrogen-bond acceptors (Lipinski definition) is 7. The fourth-order valence-corrected chi connectivity index (χ4v) is 3.36. The molecule has 0 aromatic heterocycles. The molecule has 2 aliphatic rings. The van der Waals surface area contributed by atoms with Gasteiger partial charge in [-0.2, -0.15) is 0 Å². The summed E-state index contributed by atoms with van der Waals surface area (Å²) in [7, 11) is -4.97. The first kappa shape index (κ1) is 17.8. The SMILES string of the molecule is O=C(O)C1CCCC[NH+]1C1OC(COP(=O)([O-])O)C(O)C1O. The molecule has 2 rings (SSSR count). The molecule has 0 spiro atoms. The number of quaternary nitrogens is 1. The van der Waals surface area contributed by atoms with Crippen molar-refractivity contribution in [1.82, 2.24) is 0 Å². The van der Waals surface area contributed by atoms with E-state index in [1.54, 1.807) is 0 Å². The predicted molar refractivity (Wildman–Crippen MR) is 67.6 cm³/mol. The van der Waals surface area contributed by atoms with Crippen molar-refractivity contribution >= 4 is 13.8 Å². The van der Waals surface area contributed by atoms with E-state index in [2.05, 4.69) is 4.52 Å². The lowest BCUT2D eigenvalue weighted by atomic mass is 10.0. The molecule has 7 unspecified atom stereocenters. The standard InChI is InChI=1S/C11H20NO9P/c13-8-7(5-20-22(17,18)19)21-10(9(8)14)12-4-2-1-3-6(12)11(15)16/h6-10,13-14H,1-5H2,(H,15,16)(H2,17,18,19). The third kappa shape index (κ3) is 4.03. The molecule has 0 bridgehead atoms. The number of carbonyl (C=O) groups is 1. The first-order valence-electron chi connectivity index (χ1n) is 6.99. The first-order chi connectivity index (χ1) is 10.2. The van der Waals surface area contributed by atoms with Crippen LogP contribution in [0.2, 0.25) is 0 Å². The lowest BCUT2D eigenvalue weighted by Crippen LogP contribution is -3.22. The molecule has 0 aliphatic carbocycles. The zero-order valence-corrected chi connectivity index (χ0v) is 12.6. The minimum Gasteiger partial charge on any atom is -0.756 e. The molecule has 22 heavy (non-hydrogen) atoms. The van der Waals surface area contributed by atoms with Crippen LogP contribution < -0.4 is 9.79 Å². The predicted octanol–water partition coefficient (Wildman–Crippen LogP) is -3.57. The minimum absolute atomic E-state index is 0.431. The molecule has 2 fully saturated rings. The Balaban J connectivity index is 2.05. The van der Waals surface area contributed by atoms with Gasteiger partial charge in [-0.15, -0.1) is 0 Å². The third-order valence-electron chi connectivity index (χ3n) is 4.08. The number of aliphatic hydroxyl groups is 2. The Kier molecular flexibility index (Phi) is 5.57. The Hall–Kier alpha value is -0.580. The second-order valence-corrected chi connectivity index (χ2v) is 6.75. The quantitative estimate of drug-likeness (QED) is 0.319. The van der Waals surface area contributed by atoms with Gasteiger partial charge in [0.05, 0.1) is 13.2 Å². The summed E-state index contributed by atoms with van der Waals surface area (Å²) in [6.45, 7) is -0.198. The molecule has 0 radical (unpaired) electrons. The first-order valence-corrected chi connectivity index (χ1v) is 8.48. The Morgan fingerprint density at radius 1 is 1.36 bits per heavy atom. The zero-order chi connectivity index (χ0) is 16.5. The van der Waals surface area contributed by atoms with E-state index in [4.69, 9.17) is 9.63 Å². The molecule has 0 saturated carbocycles. The largest absolute Gasteiger partial charge is 0.756 e. The number of carboxylic acids is 1. The van der Waals surface area contributed by atoms with Crippen LogP contribution in [0.25, 0.3) is 0 Å². The van der Waals surface area contributed by atoms with E-state index in [0.717, 1.165) is 12.8 Å². The van der Waals surface area contributed by atoms with Gasteiger partial charge >= 0.3 is 5.97 Å². The van der Waals surface area contributed by atoms with Crippen molar-refractivity contribution in [2.45, 2.75) is 49.8 Å². The molecule has 2 saturated heterocycles.